The minimum absolute atomic E-state index is 0.112. The van der Waals surface area contributed by atoms with Gasteiger partial charge in [-0.25, -0.2) is 0 Å². The van der Waals surface area contributed by atoms with E-state index in [4.69, 9.17) is 8.83 Å². The van der Waals surface area contributed by atoms with Gasteiger partial charge in [-0.1, -0.05) is 34.1 Å². The quantitative estimate of drug-likeness (QED) is 0.568. The van der Waals surface area contributed by atoms with Crippen LogP contribution < -0.4 is 0 Å². The number of carbonyl (C=O) groups is 1. The summed E-state index contributed by atoms with van der Waals surface area (Å²) < 4.78 is 11.7. The molecule has 0 radical (unpaired) electrons. The number of hydrogen-bond acceptors (Lipinski definition) is 3. The molecule has 0 bridgehead atoms. The molecule has 0 aliphatic rings. The number of nitrogens with zero attached hydrogens (tertiary/aromatic N) is 1. The van der Waals surface area contributed by atoms with E-state index in [1.165, 1.54) is 0 Å². The fraction of sp³-hybridized carbons (Fsp3) is 0.105. The molecule has 4 nitrogen and oxygen atoms in total. The van der Waals surface area contributed by atoms with Gasteiger partial charge in [0.05, 0.1) is 25.6 Å². The second-order valence-corrected chi connectivity index (χ2v) is 6.06. The van der Waals surface area contributed by atoms with Crippen LogP contribution in [0.4, 0.5) is 0 Å². The lowest BCUT2D eigenvalue weighted by molar-refractivity contribution is -0.127. The second kappa shape index (κ2) is 7.84. The Hall–Kier alpha value is -2.53. The molecule has 122 valence electrons. The average Bonchev–Trinajstić information content (AvgIpc) is 3.27. The second-order valence-electron chi connectivity index (χ2n) is 5.21. The van der Waals surface area contributed by atoms with E-state index in [-0.39, 0.29) is 5.91 Å². The Balaban J connectivity index is 1.76. The van der Waals surface area contributed by atoms with Crippen LogP contribution in [0.3, 0.4) is 0 Å². The van der Waals surface area contributed by atoms with Gasteiger partial charge in [0.1, 0.15) is 11.5 Å². The predicted octanol–water partition coefficient (Wildman–Crippen LogP) is 4.88. The van der Waals surface area contributed by atoms with E-state index in [0.29, 0.717) is 13.1 Å². The van der Waals surface area contributed by atoms with Gasteiger partial charge >= 0.3 is 0 Å². The molecular weight excluding hydrogens is 370 g/mol. The first-order chi connectivity index (χ1) is 11.7. The van der Waals surface area contributed by atoms with Crippen molar-refractivity contribution in [3.8, 4) is 0 Å². The number of furan rings is 2. The van der Waals surface area contributed by atoms with Gasteiger partial charge in [-0.2, -0.15) is 0 Å². The van der Waals surface area contributed by atoms with Gasteiger partial charge < -0.3 is 13.7 Å². The van der Waals surface area contributed by atoms with E-state index in [0.717, 1.165) is 21.6 Å². The first kappa shape index (κ1) is 16.3. The van der Waals surface area contributed by atoms with Crippen LogP contribution in [0.1, 0.15) is 17.1 Å². The zero-order valence-corrected chi connectivity index (χ0v) is 14.5. The molecule has 5 heteroatoms. The van der Waals surface area contributed by atoms with Crippen LogP contribution in [0.15, 0.2) is 80.4 Å². The predicted molar refractivity (Wildman–Crippen MR) is 94.8 cm³/mol. The van der Waals surface area contributed by atoms with Gasteiger partial charge in [0.15, 0.2) is 0 Å². The maximum absolute atomic E-state index is 12.6. The van der Waals surface area contributed by atoms with Crippen LogP contribution in [-0.4, -0.2) is 10.8 Å². The highest BCUT2D eigenvalue weighted by atomic mass is 79.9. The molecule has 0 N–H and O–H groups in total. The molecule has 0 aliphatic carbocycles. The standard InChI is InChI=1S/C19H16BrNO3/c20-18-8-2-1-5-15(18)9-10-19(22)21(13-16-6-3-11-23-16)14-17-7-4-12-24-17/h1-12H,13-14H2/b10-9+. The van der Waals surface area contributed by atoms with Gasteiger partial charge in [0, 0.05) is 10.5 Å². The molecule has 2 aromatic heterocycles. The monoisotopic (exact) mass is 385 g/mol. The summed E-state index contributed by atoms with van der Waals surface area (Å²) in [5.41, 5.74) is 0.946. The summed E-state index contributed by atoms with van der Waals surface area (Å²) in [5, 5.41) is 0. The molecule has 0 atom stereocenters. The molecule has 0 aliphatic heterocycles. The Morgan fingerprint density at radius 2 is 1.58 bits per heavy atom. The summed E-state index contributed by atoms with van der Waals surface area (Å²) in [6.45, 7) is 0.764. The molecule has 1 amide bonds. The number of hydrogen-bond donors (Lipinski definition) is 0. The van der Waals surface area contributed by atoms with Crippen molar-refractivity contribution in [1.82, 2.24) is 4.90 Å². The van der Waals surface area contributed by atoms with Gasteiger partial charge in [-0.05, 0) is 42.0 Å². The molecule has 3 aromatic rings. The van der Waals surface area contributed by atoms with Crippen LogP contribution in [0.25, 0.3) is 6.08 Å². The van der Waals surface area contributed by atoms with E-state index < -0.39 is 0 Å². The number of carbonyl (C=O) groups excluding carboxylic acids is 1. The normalized spacial score (nSPS) is 11.0. The SMILES string of the molecule is O=C(/C=C/c1ccccc1Br)N(Cc1ccco1)Cc1ccco1. The highest BCUT2D eigenvalue weighted by Gasteiger charge is 2.15. The third-order valence-corrected chi connectivity index (χ3v) is 4.20. The molecule has 24 heavy (non-hydrogen) atoms. The zero-order valence-electron chi connectivity index (χ0n) is 12.9. The topological polar surface area (TPSA) is 46.6 Å². The number of amides is 1. The largest absolute Gasteiger partial charge is 0.467 e. The Kier molecular flexibility index (Phi) is 5.33. The van der Waals surface area contributed by atoms with Crippen LogP contribution >= 0.6 is 15.9 Å². The van der Waals surface area contributed by atoms with Gasteiger partial charge in [0.2, 0.25) is 5.91 Å². The van der Waals surface area contributed by atoms with Crippen molar-refractivity contribution in [2.45, 2.75) is 13.1 Å². The van der Waals surface area contributed by atoms with Crippen molar-refractivity contribution in [3.63, 3.8) is 0 Å². The van der Waals surface area contributed by atoms with Crippen molar-refractivity contribution in [2.24, 2.45) is 0 Å². The lowest BCUT2D eigenvalue weighted by Gasteiger charge is -2.18. The Labute approximate surface area is 148 Å². The summed E-state index contributed by atoms with van der Waals surface area (Å²) in [4.78, 5) is 14.3. The van der Waals surface area contributed by atoms with Gasteiger partial charge in [-0.15, -0.1) is 0 Å². The van der Waals surface area contributed by atoms with Crippen LogP contribution in [-0.2, 0) is 17.9 Å². The molecule has 0 unspecified atom stereocenters. The number of benzene rings is 1. The smallest absolute Gasteiger partial charge is 0.247 e. The van der Waals surface area contributed by atoms with Crippen molar-refractivity contribution in [1.29, 1.82) is 0 Å². The average molecular weight is 386 g/mol. The molecule has 0 spiro atoms. The maximum Gasteiger partial charge on any atom is 0.247 e. The number of halogens is 1. The van der Waals surface area contributed by atoms with E-state index in [1.54, 1.807) is 29.6 Å². The highest BCUT2D eigenvalue weighted by molar-refractivity contribution is 9.10. The number of rotatable bonds is 6. The Bertz CT molecular complexity index is 771. The fourth-order valence-electron chi connectivity index (χ4n) is 2.27. The minimum atomic E-state index is -0.112. The van der Waals surface area contributed by atoms with E-state index >= 15 is 0 Å². The van der Waals surface area contributed by atoms with Crippen LogP contribution in [0, 0.1) is 0 Å². The first-order valence-corrected chi connectivity index (χ1v) is 8.28. The molecule has 2 heterocycles. The van der Waals surface area contributed by atoms with E-state index in [1.807, 2.05) is 48.5 Å². The molecule has 0 fully saturated rings. The summed E-state index contributed by atoms with van der Waals surface area (Å²) in [6.07, 6.45) is 6.55. The van der Waals surface area contributed by atoms with E-state index in [9.17, 15) is 4.79 Å². The molecular formula is C19H16BrNO3. The molecule has 0 saturated heterocycles. The van der Waals surface area contributed by atoms with Crippen molar-refractivity contribution in [3.05, 3.63) is 88.7 Å². The first-order valence-electron chi connectivity index (χ1n) is 7.48. The summed E-state index contributed by atoms with van der Waals surface area (Å²) >= 11 is 3.47. The molecule has 3 rings (SSSR count). The van der Waals surface area contributed by atoms with Crippen molar-refractivity contribution >= 4 is 27.9 Å². The van der Waals surface area contributed by atoms with Crippen LogP contribution in [0.2, 0.25) is 0 Å². The Morgan fingerprint density at radius 3 is 2.12 bits per heavy atom. The Morgan fingerprint density at radius 1 is 0.958 bits per heavy atom. The van der Waals surface area contributed by atoms with Crippen molar-refractivity contribution < 1.29 is 13.6 Å². The minimum Gasteiger partial charge on any atom is -0.467 e. The summed E-state index contributed by atoms with van der Waals surface area (Å²) in [6, 6.07) is 15.1. The fourth-order valence-corrected chi connectivity index (χ4v) is 2.69. The lowest BCUT2D eigenvalue weighted by atomic mass is 10.2. The third-order valence-electron chi connectivity index (χ3n) is 3.48. The summed E-state index contributed by atoms with van der Waals surface area (Å²) in [7, 11) is 0. The van der Waals surface area contributed by atoms with Gasteiger partial charge in [-0.3, -0.25) is 4.79 Å². The zero-order chi connectivity index (χ0) is 16.8. The summed E-state index contributed by atoms with van der Waals surface area (Å²) in [5.74, 6) is 1.34. The van der Waals surface area contributed by atoms with Gasteiger partial charge in [0.25, 0.3) is 0 Å². The molecule has 0 saturated carbocycles. The van der Waals surface area contributed by atoms with Crippen molar-refractivity contribution in [2.75, 3.05) is 0 Å². The van der Waals surface area contributed by atoms with Crippen LogP contribution in [0.5, 0.6) is 0 Å². The third kappa shape index (κ3) is 4.26. The molecule has 1 aromatic carbocycles. The highest BCUT2D eigenvalue weighted by Crippen LogP contribution is 2.18. The van der Waals surface area contributed by atoms with E-state index in [2.05, 4.69) is 15.9 Å². The maximum atomic E-state index is 12.6. The lowest BCUT2D eigenvalue weighted by Crippen LogP contribution is -2.28.